The Morgan fingerprint density at radius 3 is 2.38 bits per heavy atom. The molecule has 1 amide bonds. The summed E-state index contributed by atoms with van der Waals surface area (Å²) in [4.78, 5) is 14.1. The third-order valence-electron chi connectivity index (χ3n) is 3.76. The van der Waals surface area contributed by atoms with E-state index in [1.165, 1.54) is 17.8 Å². The summed E-state index contributed by atoms with van der Waals surface area (Å²) in [6, 6.07) is 22.9. The first kappa shape index (κ1) is 17.7. The topological polar surface area (TPSA) is 52.9 Å². The van der Waals surface area contributed by atoms with Gasteiger partial charge in [-0.05, 0) is 30.3 Å². The highest BCUT2D eigenvalue weighted by Gasteiger charge is 2.14. The smallest absolute Gasteiger partial charge is 0.252 e. The van der Waals surface area contributed by atoms with Crippen LogP contribution in [0.3, 0.4) is 0 Å². The summed E-state index contributed by atoms with van der Waals surface area (Å²) in [5.41, 5.74) is 1.47. The number of hydrogen-bond donors (Lipinski definition) is 1. The summed E-state index contributed by atoms with van der Waals surface area (Å²) in [5.74, 6) is -0.635. The molecule has 0 unspecified atom stereocenters. The van der Waals surface area contributed by atoms with E-state index in [4.69, 9.17) is 0 Å². The lowest BCUT2D eigenvalue weighted by Gasteiger charge is -2.11. The van der Waals surface area contributed by atoms with E-state index in [-0.39, 0.29) is 18.3 Å². The lowest BCUT2D eigenvalue weighted by Crippen LogP contribution is -2.23. The Kier molecular flexibility index (Phi) is 5.67. The van der Waals surface area contributed by atoms with Crippen LogP contribution >= 0.6 is 11.8 Å². The van der Waals surface area contributed by atoms with Gasteiger partial charge in [-0.25, -0.2) is 4.39 Å². The molecule has 26 heavy (non-hydrogen) atoms. The molecule has 0 heterocycles. The summed E-state index contributed by atoms with van der Waals surface area (Å²) >= 11 is 1.36. The minimum atomic E-state index is -0.349. The van der Waals surface area contributed by atoms with Crippen LogP contribution in [0.4, 0.5) is 4.39 Å². The number of carbonyl (C=O) groups is 1. The van der Waals surface area contributed by atoms with Crippen LogP contribution in [0.1, 0.15) is 21.5 Å². The van der Waals surface area contributed by atoms with Gasteiger partial charge in [-0.15, -0.1) is 0 Å². The van der Waals surface area contributed by atoms with Crippen molar-refractivity contribution in [1.29, 1.82) is 5.26 Å². The molecule has 0 fully saturated rings. The highest BCUT2D eigenvalue weighted by molar-refractivity contribution is 7.99. The van der Waals surface area contributed by atoms with E-state index in [0.717, 1.165) is 9.79 Å². The number of halogens is 1. The van der Waals surface area contributed by atoms with Crippen LogP contribution in [0.2, 0.25) is 0 Å². The van der Waals surface area contributed by atoms with Crippen LogP contribution < -0.4 is 5.32 Å². The second-order valence-electron chi connectivity index (χ2n) is 5.48. The molecule has 0 saturated heterocycles. The molecule has 3 aromatic rings. The Bertz CT molecular complexity index is 981. The van der Waals surface area contributed by atoms with Crippen molar-refractivity contribution >= 4 is 17.7 Å². The molecule has 0 bridgehead atoms. The molecule has 5 heteroatoms. The third-order valence-corrected chi connectivity index (χ3v) is 4.91. The van der Waals surface area contributed by atoms with Gasteiger partial charge in [-0.3, -0.25) is 4.79 Å². The zero-order valence-electron chi connectivity index (χ0n) is 13.8. The van der Waals surface area contributed by atoms with Gasteiger partial charge < -0.3 is 5.32 Å². The van der Waals surface area contributed by atoms with Crippen molar-refractivity contribution in [2.45, 2.75) is 16.3 Å². The van der Waals surface area contributed by atoms with Gasteiger partial charge in [0.05, 0.1) is 11.1 Å². The predicted molar refractivity (Wildman–Crippen MR) is 99.3 cm³/mol. The molecular weight excluding hydrogens is 347 g/mol. The number of rotatable bonds is 5. The van der Waals surface area contributed by atoms with Gasteiger partial charge in [-0.2, -0.15) is 5.26 Å². The standard InChI is InChI=1S/C21H15FN2OS/c22-18-10-4-1-8-16(18)14-24-21(25)17-9-3-6-12-20(17)26-19-11-5-2-7-15(19)13-23/h1-12H,14H2,(H,24,25). The molecule has 0 atom stereocenters. The number of hydrogen-bond acceptors (Lipinski definition) is 3. The van der Waals surface area contributed by atoms with Crippen molar-refractivity contribution in [3.8, 4) is 6.07 Å². The summed E-state index contributed by atoms with van der Waals surface area (Å²) < 4.78 is 13.7. The van der Waals surface area contributed by atoms with E-state index in [2.05, 4.69) is 11.4 Å². The Labute approximate surface area is 155 Å². The van der Waals surface area contributed by atoms with Gasteiger partial charge in [0, 0.05) is 21.9 Å². The van der Waals surface area contributed by atoms with Crippen molar-refractivity contribution in [1.82, 2.24) is 5.32 Å². The van der Waals surface area contributed by atoms with Crippen molar-refractivity contribution < 1.29 is 9.18 Å². The van der Waals surface area contributed by atoms with E-state index in [1.54, 1.807) is 42.5 Å². The Morgan fingerprint density at radius 1 is 0.962 bits per heavy atom. The van der Waals surface area contributed by atoms with Gasteiger partial charge in [0.1, 0.15) is 11.9 Å². The molecule has 3 nitrogen and oxygen atoms in total. The first-order valence-electron chi connectivity index (χ1n) is 7.96. The molecule has 0 aliphatic heterocycles. The SMILES string of the molecule is N#Cc1ccccc1Sc1ccccc1C(=O)NCc1ccccc1F. The number of amides is 1. The number of benzene rings is 3. The third kappa shape index (κ3) is 4.11. The molecule has 0 aromatic heterocycles. The highest BCUT2D eigenvalue weighted by atomic mass is 32.2. The molecule has 0 aliphatic rings. The van der Waals surface area contributed by atoms with Crippen molar-refractivity contribution in [2.24, 2.45) is 0 Å². The summed E-state index contributed by atoms with van der Waals surface area (Å²) in [5, 5.41) is 12.0. The normalized spacial score (nSPS) is 10.2. The number of carbonyl (C=O) groups excluding carboxylic acids is 1. The molecule has 0 spiro atoms. The van der Waals surface area contributed by atoms with Crippen molar-refractivity contribution in [3.05, 3.63) is 95.3 Å². The first-order valence-corrected chi connectivity index (χ1v) is 8.78. The maximum absolute atomic E-state index is 13.7. The molecule has 3 rings (SSSR count). The largest absolute Gasteiger partial charge is 0.348 e. The van der Waals surface area contributed by atoms with Crippen LogP contribution in [0.5, 0.6) is 0 Å². The number of nitriles is 1. The van der Waals surface area contributed by atoms with E-state index in [1.807, 2.05) is 24.3 Å². The first-order chi connectivity index (χ1) is 12.7. The fourth-order valence-corrected chi connectivity index (χ4v) is 3.45. The summed E-state index contributed by atoms with van der Waals surface area (Å²) in [6.07, 6.45) is 0. The average Bonchev–Trinajstić information content (AvgIpc) is 2.68. The molecule has 3 aromatic carbocycles. The van der Waals surface area contributed by atoms with E-state index in [0.29, 0.717) is 16.7 Å². The molecule has 1 N–H and O–H groups in total. The minimum Gasteiger partial charge on any atom is -0.348 e. The van der Waals surface area contributed by atoms with Crippen LogP contribution in [0.25, 0.3) is 0 Å². The number of nitrogens with one attached hydrogen (secondary N) is 1. The van der Waals surface area contributed by atoms with Crippen LogP contribution in [-0.4, -0.2) is 5.91 Å². The van der Waals surface area contributed by atoms with E-state index in [9.17, 15) is 14.4 Å². The molecule has 0 aliphatic carbocycles. The Morgan fingerprint density at radius 2 is 1.62 bits per heavy atom. The minimum absolute atomic E-state index is 0.110. The van der Waals surface area contributed by atoms with Gasteiger partial charge in [0.15, 0.2) is 0 Å². The summed E-state index contributed by atoms with van der Waals surface area (Å²) in [7, 11) is 0. The second kappa shape index (κ2) is 8.32. The summed E-state index contributed by atoms with van der Waals surface area (Å²) in [6.45, 7) is 0.110. The Hall–Kier alpha value is -3.10. The zero-order chi connectivity index (χ0) is 18.4. The second-order valence-corrected chi connectivity index (χ2v) is 6.56. The highest BCUT2D eigenvalue weighted by Crippen LogP contribution is 2.32. The predicted octanol–water partition coefficient (Wildman–Crippen LogP) is 4.78. The van der Waals surface area contributed by atoms with Gasteiger partial charge in [-0.1, -0.05) is 54.2 Å². The van der Waals surface area contributed by atoms with Crippen LogP contribution in [0.15, 0.2) is 82.6 Å². The van der Waals surface area contributed by atoms with Gasteiger partial charge in [0.25, 0.3) is 5.91 Å². The fourth-order valence-electron chi connectivity index (χ4n) is 2.42. The Balaban J connectivity index is 1.79. The van der Waals surface area contributed by atoms with E-state index < -0.39 is 0 Å². The van der Waals surface area contributed by atoms with Gasteiger partial charge in [0.2, 0.25) is 0 Å². The maximum atomic E-state index is 13.7. The molecular formula is C21H15FN2OS. The molecule has 0 saturated carbocycles. The zero-order valence-corrected chi connectivity index (χ0v) is 14.6. The van der Waals surface area contributed by atoms with Gasteiger partial charge >= 0.3 is 0 Å². The van der Waals surface area contributed by atoms with E-state index >= 15 is 0 Å². The quantitative estimate of drug-likeness (QED) is 0.711. The number of nitrogens with zero attached hydrogens (tertiary/aromatic N) is 1. The molecule has 0 radical (unpaired) electrons. The van der Waals surface area contributed by atoms with Crippen LogP contribution in [-0.2, 0) is 6.54 Å². The lowest BCUT2D eigenvalue weighted by molar-refractivity contribution is 0.0947. The average molecular weight is 362 g/mol. The lowest BCUT2D eigenvalue weighted by atomic mass is 10.2. The monoisotopic (exact) mass is 362 g/mol. The van der Waals surface area contributed by atoms with Crippen molar-refractivity contribution in [3.63, 3.8) is 0 Å². The van der Waals surface area contributed by atoms with Crippen molar-refractivity contribution in [2.75, 3.05) is 0 Å². The molecule has 128 valence electrons. The van der Waals surface area contributed by atoms with Crippen LogP contribution in [0, 0.1) is 17.1 Å². The maximum Gasteiger partial charge on any atom is 0.252 e. The fraction of sp³-hybridized carbons (Fsp3) is 0.0476.